The third-order valence-corrected chi connectivity index (χ3v) is 4.05. The van der Waals surface area contributed by atoms with Crippen LogP contribution in [0, 0.1) is 5.92 Å². The topological polar surface area (TPSA) is 99.3 Å². The number of nitrogens with one attached hydrogen (secondary N) is 4. The van der Waals surface area contributed by atoms with E-state index < -0.39 is 0 Å². The summed E-state index contributed by atoms with van der Waals surface area (Å²) in [4.78, 5) is 36.0. The molecule has 0 unspecified atom stereocenters. The van der Waals surface area contributed by atoms with Crippen LogP contribution in [0.25, 0.3) is 0 Å². The maximum absolute atomic E-state index is 12.2. The van der Waals surface area contributed by atoms with Crippen LogP contribution in [0.1, 0.15) is 45.0 Å². The maximum atomic E-state index is 12.2. The van der Waals surface area contributed by atoms with Gasteiger partial charge in [-0.3, -0.25) is 14.4 Å². The predicted molar refractivity (Wildman–Crippen MR) is 121 cm³/mol. The highest BCUT2D eigenvalue weighted by molar-refractivity contribution is 5.96. The van der Waals surface area contributed by atoms with E-state index >= 15 is 0 Å². The predicted octanol–water partition coefficient (Wildman–Crippen LogP) is 3.86. The van der Waals surface area contributed by atoms with E-state index in [0.717, 1.165) is 5.69 Å². The number of amides is 3. The highest BCUT2D eigenvalue weighted by atomic mass is 16.2. The molecule has 7 heteroatoms. The average Bonchev–Trinajstić information content (AvgIpc) is 2.67. The van der Waals surface area contributed by atoms with E-state index in [1.807, 2.05) is 34.6 Å². The molecule has 160 valence electrons. The van der Waals surface area contributed by atoms with E-state index in [1.165, 1.54) is 0 Å². The molecule has 0 aliphatic heterocycles. The van der Waals surface area contributed by atoms with E-state index in [2.05, 4.69) is 21.3 Å². The van der Waals surface area contributed by atoms with Gasteiger partial charge in [0, 0.05) is 34.1 Å². The van der Waals surface area contributed by atoms with Gasteiger partial charge in [-0.1, -0.05) is 13.8 Å². The van der Waals surface area contributed by atoms with Gasteiger partial charge in [-0.25, -0.2) is 0 Å². The Morgan fingerprint density at radius 1 is 0.800 bits per heavy atom. The molecule has 0 atom stereocenters. The van der Waals surface area contributed by atoms with Crippen LogP contribution in [-0.4, -0.2) is 29.8 Å². The van der Waals surface area contributed by atoms with Crippen molar-refractivity contribution in [3.05, 3.63) is 54.1 Å². The van der Waals surface area contributed by atoms with Gasteiger partial charge in [-0.15, -0.1) is 0 Å². The smallest absolute Gasteiger partial charge is 0.251 e. The van der Waals surface area contributed by atoms with Crippen LogP contribution >= 0.6 is 0 Å². The molecule has 0 radical (unpaired) electrons. The van der Waals surface area contributed by atoms with Gasteiger partial charge >= 0.3 is 0 Å². The summed E-state index contributed by atoms with van der Waals surface area (Å²) in [5, 5.41) is 11.5. The molecule has 2 rings (SSSR count). The molecule has 0 aromatic heterocycles. The molecule has 0 heterocycles. The zero-order valence-electron chi connectivity index (χ0n) is 18.1. The first-order valence-electron chi connectivity index (χ1n) is 9.91. The lowest BCUT2D eigenvalue weighted by Gasteiger charge is -2.20. The molecule has 0 aliphatic rings. The first kappa shape index (κ1) is 22.9. The molecule has 0 bridgehead atoms. The van der Waals surface area contributed by atoms with Crippen molar-refractivity contribution < 1.29 is 14.4 Å². The summed E-state index contributed by atoms with van der Waals surface area (Å²) in [5.41, 5.74) is 2.32. The summed E-state index contributed by atoms with van der Waals surface area (Å²) in [7, 11) is 0. The third-order valence-electron chi connectivity index (χ3n) is 4.05. The number of hydrogen-bond acceptors (Lipinski definition) is 4. The van der Waals surface area contributed by atoms with Gasteiger partial charge in [0.05, 0.1) is 6.54 Å². The number of benzene rings is 2. The Kier molecular flexibility index (Phi) is 7.58. The average molecular weight is 411 g/mol. The zero-order valence-corrected chi connectivity index (χ0v) is 18.1. The molecule has 0 spiro atoms. The number of rotatable bonds is 7. The fourth-order valence-corrected chi connectivity index (χ4v) is 2.46. The fraction of sp³-hybridized carbons (Fsp3) is 0.348. The number of anilines is 3. The molecule has 0 saturated carbocycles. The van der Waals surface area contributed by atoms with Gasteiger partial charge < -0.3 is 21.3 Å². The number of carbonyl (C=O) groups is 3. The normalized spacial score (nSPS) is 11.0. The van der Waals surface area contributed by atoms with E-state index in [-0.39, 0.29) is 35.7 Å². The first-order chi connectivity index (χ1) is 14.0. The molecular formula is C23H30N4O3. The summed E-state index contributed by atoms with van der Waals surface area (Å²) in [6.45, 7) is 9.51. The largest absolute Gasteiger partial charge is 0.376 e. The van der Waals surface area contributed by atoms with Crippen molar-refractivity contribution in [3.8, 4) is 0 Å². The van der Waals surface area contributed by atoms with Gasteiger partial charge in [0.1, 0.15) is 0 Å². The Bertz CT molecular complexity index is 882. The zero-order chi connectivity index (χ0) is 22.3. The lowest BCUT2D eigenvalue weighted by atomic mass is 10.1. The molecule has 7 nitrogen and oxygen atoms in total. The van der Waals surface area contributed by atoms with Crippen LogP contribution in [0.2, 0.25) is 0 Å². The molecule has 0 aliphatic carbocycles. The summed E-state index contributed by atoms with van der Waals surface area (Å²) < 4.78 is 0. The lowest BCUT2D eigenvalue weighted by molar-refractivity contribution is -0.119. The van der Waals surface area contributed by atoms with Crippen LogP contribution in [-0.2, 0) is 9.59 Å². The Balaban J connectivity index is 1.83. The van der Waals surface area contributed by atoms with Crippen LogP contribution in [0.5, 0.6) is 0 Å². The molecule has 2 aromatic rings. The summed E-state index contributed by atoms with van der Waals surface area (Å²) in [6.07, 6.45) is 0. The van der Waals surface area contributed by atoms with Crippen molar-refractivity contribution in [1.29, 1.82) is 0 Å². The second-order valence-corrected chi connectivity index (χ2v) is 8.40. The Morgan fingerprint density at radius 2 is 1.30 bits per heavy atom. The Morgan fingerprint density at radius 3 is 1.80 bits per heavy atom. The molecule has 3 amide bonds. The van der Waals surface area contributed by atoms with Crippen molar-refractivity contribution in [2.45, 2.75) is 40.2 Å². The lowest BCUT2D eigenvalue weighted by Crippen LogP contribution is -2.40. The minimum absolute atomic E-state index is 0.0575. The van der Waals surface area contributed by atoms with Crippen LogP contribution < -0.4 is 21.3 Å². The molecular weight excluding hydrogens is 380 g/mol. The molecule has 2 aromatic carbocycles. The summed E-state index contributed by atoms with van der Waals surface area (Å²) in [6, 6.07) is 13.9. The van der Waals surface area contributed by atoms with E-state index in [9.17, 15) is 14.4 Å². The van der Waals surface area contributed by atoms with Gasteiger partial charge in [0.25, 0.3) is 5.91 Å². The second-order valence-electron chi connectivity index (χ2n) is 8.40. The van der Waals surface area contributed by atoms with Gasteiger partial charge in [0.2, 0.25) is 11.8 Å². The van der Waals surface area contributed by atoms with Crippen molar-refractivity contribution in [2.75, 3.05) is 22.5 Å². The standard InChI is InChI=1S/C23H30N4O3/c1-15(2)21(29)26-19-12-10-18(11-13-19)25-20(28)14-24-17-8-6-16(7-9-17)22(30)27-23(3,4)5/h6-13,15,24H,14H2,1-5H3,(H,25,28)(H,26,29)(H,27,30). The minimum atomic E-state index is -0.301. The Hall–Kier alpha value is -3.35. The van der Waals surface area contributed by atoms with Gasteiger partial charge in [0.15, 0.2) is 0 Å². The van der Waals surface area contributed by atoms with Crippen LogP contribution in [0.4, 0.5) is 17.1 Å². The second kappa shape index (κ2) is 9.91. The van der Waals surface area contributed by atoms with Crippen molar-refractivity contribution in [3.63, 3.8) is 0 Å². The molecule has 30 heavy (non-hydrogen) atoms. The van der Waals surface area contributed by atoms with Crippen LogP contribution in [0.15, 0.2) is 48.5 Å². The van der Waals surface area contributed by atoms with Gasteiger partial charge in [-0.05, 0) is 69.3 Å². The van der Waals surface area contributed by atoms with Crippen molar-refractivity contribution >= 4 is 34.8 Å². The molecule has 0 fully saturated rings. The van der Waals surface area contributed by atoms with E-state index in [0.29, 0.717) is 16.9 Å². The number of hydrogen-bond donors (Lipinski definition) is 4. The third kappa shape index (κ3) is 7.58. The maximum Gasteiger partial charge on any atom is 0.251 e. The molecule has 4 N–H and O–H groups in total. The first-order valence-corrected chi connectivity index (χ1v) is 9.91. The van der Waals surface area contributed by atoms with E-state index in [4.69, 9.17) is 0 Å². The highest BCUT2D eigenvalue weighted by Crippen LogP contribution is 2.15. The van der Waals surface area contributed by atoms with E-state index in [1.54, 1.807) is 48.5 Å². The summed E-state index contributed by atoms with van der Waals surface area (Å²) >= 11 is 0. The SMILES string of the molecule is CC(C)C(=O)Nc1ccc(NC(=O)CNc2ccc(C(=O)NC(C)(C)C)cc2)cc1. The Labute approximate surface area is 177 Å². The van der Waals surface area contributed by atoms with Crippen LogP contribution in [0.3, 0.4) is 0 Å². The fourth-order valence-electron chi connectivity index (χ4n) is 2.46. The highest BCUT2D eigenvalue weighted by Gasteiger charge is 2.15. The quantitative estimate of drug-likeness (QED) is 0.557. The number of carbonyl (C=O) groups excluding carboxylic acids is 3. The molecule has 0 saturated heterocycles. The minimum Gasteiger partial charge on any atom is -0.376 e. The van der Waals surface area contributed by atoms with Gasteiger partial charge in [-0.2, -0.15) is 0 Å². The van der Waals surface area contributed by atoms with Crippen molar-refractivity contribution in [2.24, 2.45) is 5.92 Å². The monoisotopic (exact) mass is 410 g/mol. The van der Waals surface area contributed by atoms with Crippen molar-refractivity contribution in [1.82, 2.24) is 5.32 Å². The summed E-state index contributed by atoms with van der Waals surface area (Å²) in [5.74, 6) is -0.501.